The number of hydrogen-bond donors (Lipinski definition) is 1. The quantitative estimate of drug-likeness (QED) is 0.716. The van der Waals surface area contributed by atoms with E-state index in [0.29, 0.717) is 12.6 Å². The van der Waals surface area contributed by atoms with Gasteiger partial charge in [0, 0.05) is 12.6 Å². The van der Waals surface area contributed by atoms with E-state index in [1.54, 1.807) is 11.9 Å². The second-order valence-electron chi connectivity index (χ2n) is 3.92. The first-order valence-electron chi connectivity index (χ1n) is 5.34. The Balaban J connectivity index is 3.53. The highest BCUT2D eigenvalue weighted by molar-refractivity contribution is 4.63. The van der Waals surface area contributed by atoms with Crippen LogP contribution in [0.3, 0.4) is 0 Å². The summed E-state index contributed by atoms with van der Waals surface area (Å²) in [6, 6.07) is 0.364. The lowest BCUT2D eigenvalue weighted by Crippen LogP contribution is -2.32. The highest BCUT2D eigenvalue weighted by Gasteiger charge is 2.26. The molecule has 0 saturated carbocycles. The van der Waals surface area contributed by atoms with Gasteiger partial charge in [-0.3, -0.25) is 0 Å². The van der Waals surface area contributed by atoms with Crippen LogP contribution in [0.5, 0.6) is 0 Å². The molecular formula is C10H21F3N2. The third-order valence-corrected chi connectivity index (χ3v) is 2.27. The smallest absolute Gasteiger partial charge is 0.314 e. The molecule has 0 spiro atoms. The molecule has 2 nitrogen and oxygen atoms in total. The van der Waals surface area contributed by atoms with Gasteiger partial charge in [-0.25, -0.2) is 0 Å². The maximum absolute atomic E-state index is 11.9. The van der Waals surface area contributed by atoms with Gasteiger partial charge < -0.3 is 10.2 Å². The van der Waals surface area contributed by atoms with E-state index in [9.17, 15) is 13.2 Å². The molecule has 0 aromatic heterocycles. The van der Waals surface area contributed by atoms with Crippen molar-refractivity contribution < 1.29 is 13.2 Å². The summed E-state index contributed by atoms with van der Waals surface area (Å²) in [4.78, 5) is 1.72. The molecule has 0 heterocycles. The molecule has 0 aliphatic heterocycles. The predicted molar refractivity (Wildman–Crippen MR) is 55.9 cm³/mol. The molecule has 0 aliphatic carbocycles. The van der Waals surface area contributed by atoms with E-state index < -0.39 is 12.6 Å². The van der Waals surface area contributed by atoms with Gasteiger partial charge in [0.2, 0.25) is 0 Å². The molecule has 0 aromatic rings. The highest BCUT2D eigenvalue weighted by atomic mass is 19.4. The van der Waals surface area contributed by atoms with Gasteiger partial charge in [-0.1, -0.05) is 6.92 Å². The highest BCUT2D eigenvalue weighted by Crippen LogP contribution is 2.19. The molecule has 1 unspecified atom stereocenters. The van der Waals surface area contributed by atoms with Crippen molar-refractivity contribution in [2.24, 2.45) is 0 Å². The molecule has 0 bridgehead atoms. The third-order valence-electron chi connectivity index (χ3n) is 2.27. The van der Waals surface area contributed by atoms with Crippen LogP contribution in [0.1, 0.15) is 26.7 Å². The van der Waals surface area contributed by atoms with Crippen molar-refractivity contribution in [3.05, 3.63) is 0 Å². The number of hydrogen-bond acceptors (Lipinski definition) is 2. The van der Waals surface area contributed by atoms with Crippen molar-refractivity contribution in [2.45, 2.75) is 38.9 Å². The second kappa shape index (κ2) is 7.06. The normalized spacial score (nSPS) is 14.6. The number of nitrogens with zero attached hydrogens (tertiary/aromatic N) is 1. The molecule has 0 amide bonds. The van der Waals surface area contributed by atoms with Gasteiger partial charge in [0.15, 0.2) is 0 Å². The minimum atomic E-state index is -4.04. The summed E-state index contributed by atoms with van der Waals surface area (Å²) < 4.78 is 35.7. The Morgan fingerprint density at radius 2 is 1.87 bits per heavy atom. The minimum Gasteiger partial charge on any atom is -0.314 e. The summed E-state index contributed by atoms with van der Waals surface area (Å²) >= 11 is 0. The van der Waals surface area contributed by atoms with Crippen molar-refractivity contribution in [1.29, 1.82) is 0 Å². The topological polar surface area (TPSA) is 15.3 Å². The zero-order valence-electron chi connectivity index (χ0n) is 9.69. The fourth-order valence-corrected chi connectivity index (χ4v) is 1.29. The van der Waals surface area contributed by atoms with Crippen molar-refractivity contribution in [2.75, 3.05) is 26.7 Å². The maximum atomic E-state index is 11.9. The van der Waals surface area contributed by atoms with E-state index in [1.807, 2.05) is 13.8 Å². The molecule has 1 atom stereocenters. The number of alkyl halides is 3. The first kappa shape index (κ1) is 14.7. The van der Waals surface area contributed by atoms with Gasteiger partial charge in [0.05, 0.1) is 6.42 Å². The van der Waals surface area contributed by atoms with Gasteiger partial charge in [0.25, 0.3) is 0 Å². The molecule has 0 rings (SSSR count). The molecular weight excluding hydrogens is 205 g/mol. The van der Waals surface area contributed by atoms with E-state index in [0.717, 1.165) is 13.0 Å². The van der Waals surface area contributed by atoms with Crippen molar-refractivity contribution >= 4 is 0 Å². The van der Waals surface area contributed by atoms with Crippen molar-refractivity contribution in [3.63, 3.8) is 0 Å². The molecule has 0 aliphatic rings. The molecule has 0 saturated heterocycles. The summed E-state index contributed by atoms with van der Waals surface area (Å²) in [5, 5.41) is 3.22. The van der Waals surface area contributed by atoms with E-state index in [1.165, 1.54) is 0 Å². The van der Waals surface area contributed by atoms with Crippen LogP contribution in [0, 0.1) is 0 Å². The fourth-order valence-electron chi connectivity index (χ4n) is 1.29. The van der Waals surface area contributed by atoms with Crippen LogP contribution in [0.2, 0.25) is 0 Å². The molecule has 15 heavy (non-hydrogen) atoms. The zero-order valence-corrected chi connectivity index (χ0v) is 9.69. The number of rotatable bonds is 7. The van der Waals surface area contributed by atoms with E-state index >= 15 is 0 Å². The van der Waals surface area contributed by atoms with Crippen LogP contribution >= 0.6 is 0 Å². The lowest BCUT2D eigenvalue weighted by atomic mass is 10.2. The fraction of sp³-hybridized carbons (Fsp3) is 1.00. The van der Waals surface area contributed by atoms with Crippen molar-refractivity contribution in [1.82, 2.24) is 10.2 Å². The van der Waals surface area contributed by atoms with E-state index in [2.05, 4.69) is 5.32 Å². The summed E-state index contributed by atoms with van der Waals surface area (Å²) in [5.41, 5.74) is 0. The van der Waals surface area contributed by atoms with Gasteiger partial charge >= 0.3 is 6.18 Å². The Bertz CT molecular complexity index is 159. The molecule has 0 aromatic carbocycles. The first-order chi connectivity index (χ1) is 6.85. The SMILES string of the molecule is CCNC(C)CCN(C)CCC(F)(F)F. The van der Waals surface area contributed by atoms with Gasteiger partial charge in [-0.15, -0.1) is 0 Å². The van der Waals surface area contributed by atoms with Crippen molar-refractivity contribution in [3.8, 4) is 0 Å². The average molecular weight is 226 g/mol. The standard InChI is InChI=1S/C10H21F3N2/c1-4-14-9(2)5-7-15(3)8-6-10(11,12)13/h9,14H,4-8H2,1-3H3. The van der Waals surface area contributed by atoms with Crippen LogP contribution in [0.25, 0.3) is 0 Å². The Kier molecular flexibility index (Phi) is 6.92. The summed E-state index contributed by atoms with van der Waals surface area (Å²) in [7, 11) is 1.73. The Morgan fingerprint density at radius 3 is 2.33 bits per heavy atom. The van der Waals surface area contributed by atoms with Gasteiger partial charge in [-0.2, -0.15) is 13.2 Å². The molecule has 0 fully saturated rings. The van der Waals surface area contributed by atoms with Gasteiger partial charge in [-0.05, 0) is 33.5 Å². The monoisotopic (exact) mass is 226 g/mol. The summed E-state index contributed by atoms with van der Waals surface area (Å²) in [6.07, 6.45) is -3.89. The molecule has 5 heteroatoms. The first-order valence-corrected chi connectivity index (χ1v) is 5.34. The maximum Gasteiger partial charge on any atom is 0.390 e. The average Bonchev–Trinajstić information content (AvgIpc) is 2.11. The Morgan fingerprint density at radius 1 is 1.27 bits per heavy atom. The number of nitrogens with one attached hydrogen (secondary N) is 1. The second-order valence-corrected chi connectivity index (χ2v) is 3.92. The lowest BCUT2D eigenvalue weighted by molar-refractivity contribution is -0.137. The number of halogens is 3. The zero-order chi connectivity index (χ0) is 11.9. The van der Waals surface area contributed by atoms with Crippen LogP contribution in [-0.2, 0) is 0 Å². The predicted octanol–water partition coefficient (Wildman–Crippen LogP) is 2.26. The molecule has 92 valence electrons. The van der Waals surface area contributed by atoms with Crippen LogP contribution in [0.4, 0.5) is 13.2 Å². The molecule has 1 N–H and O–H groups in total. The Labute approximate surface area is 89.8 Å². The van der Waals surface area contributed by atoms with Crippen LogP contribution in [-0.4, -0.2) is 43.8 Å². The van der Waals surface area contributed by atoms with Gasteiger partial charge in [0.1, 0.15) is 0 Å². The molecule has 0 radical (unpaired) electrons. The summed E-state index contributed by atoms with van der Waals surface area (Å²) in [5.74, 6) is 0. The van der Waals surface area contributed by atoms with Crippen LogP contribution < -0.4 is 5.32 Å². The summed E-state index contributed by atoms with van der Waals surface area (Å²) in [6.45, 7) is 5.74. The van der Waals surface area contributed by atoms with E-state index in [-0.39, 0.29) is 6.54 Å². The van der Waals surface area contributed by atoms with Crippen LogP contribution in [0.15, 0.2) is 0 Å². The minimum absolute atomic E-state index is 0.0857. The van der Waals surface area contributed by atoms with E-state index in [4.69, 9.17) is 0 Å². The Hall–Kier alpha value is -0.290. The lowest BCUT2D eigenvalue weighted by Gasteiger charge is -2.20. The third kappa shape index (κ3) is 10.0. The largest absolute Gasteiger partial charge is 0.390 e.